The van der Waals surface area contributed by atoms with E-state index in [1.54, 1.807) is 0 Å². The number of aliphatic hydroxyl groups excluding tert-OH is 1. The second kappa shape index (κ2) is 5.08. The average Bonchev–Trinajstić information content (AvgIpc) is 2.77. The molecule has 1 fully saturated rings. The maximum atomic E-state index is 11.8. The lowest BCUT2D eigenvalue weighted by molar-refractivity contribution is -0.147. The fourth-order valence-electron chi connectivity index (χ4n) is 2.72. The van der Waals surface area contributed by atoms with Gasteiger partial charge in [0.15, 0.2) is 0 Å². The van der Waals surface area contributed by atoms with Crippen LogP contribution in [0.5, 0.6) is 0 Å². The van der Waals surface area contributed by atoms with Crippen LogP contribution in [0.3, 0.4) is 0 Å². The fraction of sp³-hybridized carbons (Fsp3) is 0.500. The van der Waals surface area contributed by atoms with Gasteiger partial charge in [-0.15, -0.1) is 0 Å². The lowest BCUT2D eigenvalue weighted by Crippen LogP contribution is -2.45. The van der Waals surface area contributed by atoms with Gasteiger partial charge in [-0.1, -0.05) is 30.3 Å². The molecule has 1 saturated heterocycles. The van der Waals surface area contributed by atoms with Gasteiger partial charge >= 0.3 is 5.97 Å². The second-order valence-corrected chi connectivity index (χ2v) is 5.00. The van der Waals surface area contributed by atoms with Crippen molar-refractivity contribution in [3.05, 3.63) is 35.9 Å². The SMILES string of the molecule is COC(=O)[C@]1(C)C[C@H](CO)[C@H](c2ccccc2)N1. The maximum absolute atomic E-state index is 11.8. The summed E-state index contributed by atoms with van der Waals surface area (Å²) in [5.74, 6) is -0.254. The minimum absolute atomic E-state index is 0.0136. The summed E-state index contributed by atoms with van der Waals surface area (Å²) in [6.07, 6.45) is 0.579. The number of nitrogens with one attached hydrogen (secondary N) is 1. The van der Waals surface area contributed by atoms with Gasteiger partial charge in [0.05, 0.1) is 7.11 Å². The topological polar surface area (TPSA) is 58.6 Å². The van der Waals surface area contributed by atoms with Gasteiger partial charge in [0.2, 0.25) is 0 Å². The molecule has 4 nitrogen and oxygen atoms in total. The summed E-state index contributed by atoms with van der Waals surface area (Å²) in [6.45, 7) is 1.88. The lowest BCUT2D eigenvalue weighted by Gasteiger charge is -2.22. The van der Waals surface area contributed by atoms with E-state index >= 15 is 0 Å². The van der Waals surface area contributed by atoms with Crippen molar-refractivity contribution < 1.29 is 14.6 Å². The molecular weight excluding hydrogens is 230 g/mol. The zero-order valence-corrected chi connectivity index (χ0v) is 10.7. The van der Waals surface area contributed by atoms with Crippen molar-refractivity contribution in [2.24, 2.45) is 5.92 Å². The molecule has 0 bridgehead atoms. The molecule has 4 heteroatoms. The second-order valence-electron chi connectivity index (χ2n) is 5.00. The summed E-state index contributed by atoms with van der Waals surface area (Å²) in [7, 11) is 1.39. The number of carbonyl (C=O) groups is 1. The molecule has 2 N–H and O–H groups in total. The molecular formula is C14H19NO3. The van der Waals surface area contributed by atoms with Crippen molar-refractivity contribution in [3.63, 3.8) is 0 Å². The van der Waals surface area contributed by atoms with Gasteiger partial charge in [0, 0.05) is 18.6 Å². The molecule has 1 aromatic rings. The third-order valence-corrected chi connectivity index (χ3v) is 3.65. The molecule has 1 heterocycles. The van der Waals surface area contributed by atoms with Crippen LogP contribution in [-0.2, 0) is 9.53 Å². The Morgan fingerprint density at radius 3 is 2.72 bits per heavy atom. The molecule has 98 valence electrons. The predicted molar refractivity (Wildman–Crippen MR) is 67.9 cm³/mol. The number of hydrogen-bond donors (Lipinski definition) is 2. The van der Waals surface area contributed by atoms with Gasteiger partial charge in [-0.2, -0.15) is 0 Å². The predicted octanol–water partition coefficient (Wildman–Crippen LogP) is 1.26. The first kappa shape index (κ1) is 13.1. The quantitative estimate of drug-likeness (QED) is 0.792. The van der Waals surface area contributed by atoms with E-state index in [0.717, 1.165) is 5.56 Å². The van der Waals surface area contributed by atoms with Crippen LogP contribution >= 0.6 is 0 Å². The molecule has 0 amide bonds. The Bertz CT molecular complexity index is 420. The fourth-order valence-corrected chi connectivity index (χ4v) is 2.72. The number of aliphatic hydroxyl groups is 1. The number of esters is 1. The summed E-state index contributed by atoms with van der Waals surface area (Å²) in [5.41, 5.74) is 0.368. The standard InChI is InChI=1S/C14H19NO3/c1-14(13(17)18-2)8-11(9-16)12(15-14)10-6-4-3-5-7-10/h3-7,11-12,15-16H,8-9H2,1-2H3/t11-,12+,14+/m1/s1. The first-order chi connectivity index (χ1) is 8.60. The summed E-state index contributed by atoms with van der Waals surface area (Å²) < 4.78 is 4.83. The van der Waals surface area contributed by atoms with E-state index in [0.29, 0.717) is 6.42 Å². The number of benzene rings is 1. The minimum atomic E-state index is -0.720. The summed E-state index contributed by atoms with van der Waals surface area (Å²) in [4.78, 5) is 11.8. The van der Waals surface area contributed by atoms with Crippen molar-refractivity contribution >= 4 is 5.97 Å². The van der Waals surface area contributed by atoms with Crippen molar-refractivity contribution in [2.75, 3.05) is 13.7 Å². The Morgan fingerprint density at radius 1 is 1.50 bits per heavy atom. The van der Waals surface area contributed by atoms with Crippen LogP contribution in [0, 0.1) is 5.92 Å². The molecule has 1 aromatic carbocycles. The molecule has 0 unspecified atom stereocenters. The Hall–Kier alpha value is -1.39. The van der Waals surface area contributed by atoms with Gasteiger partial charge in [0.25, 0.3) is 0 Å². The minimum Gasteiger partial charge on any atom is -0.468 e. The van der Waals surface area contributed by atoms with Crippen molar-refractivity contribution in [1.29, 1.82) is 0 Å². The molecule has 1 aliphatic heterocycles. The highest BCUT2D eigenvalue weighted by atomic mass is 16.5. The van der Waals surface area contributed by atoms with Crippen LogP contribution in [0.2, 0.25) is 0 Å². The molecule has 0 aliphatic carbocycles. The number of carbonyl (C=O) groups excluding carboxylic acids is 1. The van der Waals surface area contributed by atoms with E-state index in [1.807, 2.05) is 37.3 Å². The zero-order chi connectivity index (χ0) is 13.2. The highest BCUT2D eigenvalue weighted by Gasteiger charge is 2.47. The van der Waals surface area contributed by atoms with Gasteiger partial charge in [-0.25, -0.2) is 0 Å². The van der Waals surface area contributed by atoms with Crippen LogP contribution in [-0.4, -0.2) is 30.3 Å². The van der Waals surface area contributed by atoms with Crippen molar-refractivity contribution in [2.45, 2.75) is 24.9 Å². The lowest BCUT2D eigenvalue weighted by atomic mass is 9.91. The van der Waals surface area contributed by atoms with E-state index in [9.17, 15) is 9.90 Å². The first-order valence-electron chi connectivity index (χ1n) is 6.12. The summed E-state index contributed by atoms with van der Waals surface area (Å²) in [6, 6.07) is 9.86. The van der Waals surface area contributed by atoms with E-state index < -0.39 is 5.54 Å². The molecule has 3 atom stereocenters. The zero-order valence-electron chi connectivity index (χ0n) is 10.7. The smallest absolute Gasteiger partial charge is 0.325 e. The van der Waals surface area contributed by atoms with Crippen LogP contribution < -0.4 is 5.32 Å². The summed E-state index contributed by atoms with van der Waals surface area (Å²) in [5, 5.41) is 12.8. The Morgan fingerprint density at radius 2 is 2.17 bits per heavy atom. The monoisotopic (exact) mass is 249 g/mol. The Balaban J connectivity index is 2.25. The highest BCUT2D eigenvalue weighted by Crippen LogP contribution is 2.38. The summed E-state index contributed by atoms with van der Waals surface area (Å²) >= 11 is 0. The van der Waals surface area contributed by atoms with E-state index in [-0.39, 0.29) is 24.5 Å². The maximum Gasteiger partial charge on any atom is 0.325 e. The molecule has 0 saturated carbocycles. The number of ether oxygens (including phenoxy) is 1. The number of hydrogen-bond acceptors (Lipinski definition) is 4. The van der Waals surface area contributed by atoms with Gasteiger partial charge in [0.1, 0.15) is 5.54 Å². The van der Waals surface area contributed by atoms with E-state index in [1.165, 1.54) is 7.11 Å². The average molecular weight is 249 g/mol. The molecule has 0 spiro atoms. The molecule has 0 radical (unpaired) electrons. The first-order valence-corrected chi connectivity index (χ1v) is 6.12. The third kappa shape index (κ3) is 2.26. The molecule has 0 aromatic heterocycles. The largest absolute Gasteiger partial charge is 0.468 e. The van der Waals surface area contributed by atoms with Gasteiger partial charge < -0.3 is 9.84 Å². The van der Waals surface area contributed by atoms with Gasteiger partial charge in [-0.3, -0.25) is 10.1 Å². The molecule has 2 rings (SSSR count). The van der Waals surface area contributed by atoms with Crippen LogP contribution in [0.15, 0.2) is 30.3 Å². The van der Waals surface area contributed by atoms with E-state index in [4.69, 9.17) is 4.74 Å². The van der Waals surface area contributed by atoms with Crippen molar-refractivity contribution in [3.8, 4) is 0 Å². The third-order valence-electron chi connectivity index (χ3n) is 3.65. The van der Waals surface area contributed by atoms with Crippen LogP contribution in [0.1, 0.15) is 24.9 Å². The van der Waals surface area contributed by atoms with Gasteiger partial charge in [-0.05, 0) is 18.9 Å². The van der Waals surface area contributed by atoms with Crippen LogP contribution in [0.4, 0.5) is 0 Å². The Labute approximate surface area is 107 Å². The number of methoxy groups -OCH3 is 1. The highest BCUT2D eigenvalue weighted by molar-refractivity contribution is 5.80. The molecule has 18 heavy (non-hydrogen) atoms. The van der Waals surface area contributed by atoms with Crippen LogP contribution in [0.25, 0.3) is 0 Å². The Kier molecular flexibility index (Phi) is 3.68. The van der Waals surface area contributed by atoms with E-state index in [2.05, 4.69) is 5.32 Å². The molecule has 1 aliphatic rings. The van der Waals surface area contributed by atoms with Crippen molar-refractivity contribution in [1.82, 2.24) is 5.32 Å². The number of rotatable bonds is 3. The normalized spacial score (nSPS) is 31.3.